The molecule has 0 saturated carbocycles. The number of halogens is 6. The second kappa shape index (κ2) is 19.4. The third kappa shape index (κ3) is 10.5. The van der Waals surface area contributed by atoms with Crippen LogP contribution in [0.2, 0.25) is 41.8 Å². The van der Waals surface area contributed by atoms with E-state index in [1.807, 2.05) is 13.8 Å². The molecule has 0 N–H and O–H groups in total. The predicted octanol–water partition coefficient (Wildman–Crippen LogP) is 13.8. The summed E-state index contributed by atoms with van der Waals surface area (Å²) in [6.07, 6.45) is 14.0. The van der Waals surface area contributed by atoms with Crippen molar-refractivity contribution >= 4 is 27.2 Å². The lowest BCUT2D eigenvalue weighted by molar-refractivity contribution is 0.404. The normalized spacial score (nSPS) is 13.6. The maximum absolute atomic E-state index is 15.7. The van der Waals surface area contributed by atoms with Crippen LogP contribution in [0.3, 0.4) is 0 Å². The zero-order valence-corrected chi connectivity index (χ0v) is 30.7. The zero-order chi connectivity index (χ0) is 33.6. The number of hydrogen-bond donors (Lipinski definition) is 0. The van der Waals surface area contributed by atoms with Gasteiger partial charge in [0, 0.05) is 0 Å². The van der Waals surface area contributed by atoms with Gasteiger partial charge in [0.25, 0.3) is 8.32 Å². The summed E-state index contributed by atoms with van der Waals surface area (Å²) < 4.78 is 95.6. The Kier molecular flexibility index (Phi) is 17.1. The van der Waals surface area contributed by atoms with Crippen LogP contribution in [0.4, 0.5) is 26.3 Å². The highest BCUT2D eigenvalue weighted by atomic mass is 28.4. The quantitative estimate of drug-likeness (QED) is 0.0493. The van der Waals surface area contributed by atoms with Crippen molar-refractivity contribution in [2.75, 3.05) is 0 Å². The van der Waals surface area contributed by atoms with Crippen molar-refractivity contribution in [3.8, 4) is 5.75 Å². The summed E-state index contributed by atoms with van der Waals surface area (Å²) in [5.41, 5.74) is -0.0770. The highest BCUT2D eigenvalue weighted by Crippen LogP contribution is 2.42. The van der Waals surface area contributed by atoms with Gasteiger partial charge in [0.1, 0.15) is 5.82 Å². The fourth-order valence-electron chi connectivity index (χ4n) is 7.41. The molecule has 0 spiro atoms. The van der Waals surface area contributed by atoms with Crippen molar-refractivity contribution in [3.63, 3.8) is 0 Å². The summed E-state index contributed by atoms with van der Waals surface area (Å²) in [6.45, 7) is 12.9. The van der Waals surface area contributed by atoms with Gasteiger partial charge in [-0.25, -0.2) is 22.0 Å². The van der Waals surface area contributed by atoms with Crippen molar-refractivity contribution in [1.82, 2.24) is 0 Å². The monoisotopic (exact) mass is 675 g/mol. The maximum Gasteiger partial charge on any atom is 0.254 e. The Labute approximate surface area is 271 Å². The largest absolute Gasteiger partial charge is 0.539 e. The molecule has 1 unspecified atom stereocenters. The molecule has 1 atom stereocenters. The van der Waals surface area contributed by atoms with Gasteiger partial charge in [0.15, 0.2) is 29.0 Å². The molecule has 257 valence electrons. The molecular weight excluding hydrogens is 619 g/mol. The van der Waals surface area contributed by atoms with Gasteiger partial charge in [-0.05, 0) is 17.6 Å². The molecule has 0 fully saturated rings. The van der Waals surface area contributed by atoms with Gasteiger partial charge in [-0.15, -0.1) is 0 Å². The van der Waals surface area contributed by atoms with Crippen LogP contribution in [0.5, 0.6) is 5.75 Å². The van der Waals surface area contributed by atoms with Crippen molar-refractivity contribution in [2.45, 2.75) is 167 Å². The molecule has 0 aliphatic heterocycles. The molecule has 45 heavy (non-hydrogen) atoms. The van der Waals surface area contributed by atoms with Gasteiger partial charge >= 0.3 is 0 Å². The highest BCUT2D eigenvalue weighted by Gasteiger charge is 2.42. The fraction of sp³-hybridized carbons (Fsp3) is 0.722. The minimum absolute atomic E-state index is 0.0770. The molecule has 9 heteroatoms. The lowest BCUT2D eigenvalue weighted by Gasteiger charge is -2.36. The van der Waals surface area contributed by atoms with Gasteiger partial charge in [-0.3, -0.25) is 0 Å². The smallest absolute Gasteiger partial charge is 0.254 e. The van der Waals surface area contributed by atoms with E-state index in [4.69, 9.17) is 4.43 Å². The van der Waals surface area contributed by atoms with Crippen LogP contribution >= 0.6 is 0 Å². The standard InChI is InChI=1S/C36H57F6OSi2/c1-7-11-12-13-14-18-24-45(27(5)6,25-19-16-15-17-23-44(20-8-2,21-9-3)22-10-4)43-36-34(41)31-30(33(40)35(36)42)28(37)26-29(38)32(31)39/h27H,7-25H2,1-6H3. The summed E-state index contributed by atoms with van der Waals surface area (Å²) >= 11 is 0. The number of hydrogen-bond acceptors (Lipinski definition) is 1. The van der Waals surface area contributed by atoms with E-state index >= 15 is 13.2 Å². The maximum atomic E-state index is 15.7. The Morgan fingerprint density at radius 1 is 0.511 bits per heavy atom. The first-order chi connectivity index (χ1) is 21.4. The van der Waals surface area contributed by atoms with Crippen LogP contribution in [-0.2, 0) is 0 Å². The van der Waals surface area contributed by atoms with E-state index in [9.17, 15) is 13.2 Å². The average molecular weight is 676 g/mol. The Bertz CT molecular complexity index is 1170. The van der Waals surface area contributed by atoms with Crippen molar-refractivity contribution in [2.24, 2.45) is 0 Å². The molecule has 1 radical (unpaired) electrons. The molecule has 0 heterocycles. The molecule has 0 bridgehead atoms. The molecule has 0 saturated heterocycles. The van der Waals surface area contributed by atoms with Crippen LogP contribution in [-0.4, -0.2) is 16.4 Å². The van der Waals surface area contributed by atoms with Crippen LogP contribution in [0, 0.1) is 41.0 Å². The van der Waals surface area contributed by atoms with Gasteiger partial charge in [0.2, 0.25) is 5.82 Å². The molecule has 2 rings (SSSR count). The van der Waals surface area contributed by atoms with E-state index in [0.717, 1.165) is 57.8 Å². The molecule has 0 amide bonds. The fourth-order valence-corrected chi connectivity index (χ4v) is 17.2. The second-order valence-electron chi connectivity index (χ2n) is 13.6. The number of unbranched alkanes of at least 4 members (excludes halogenated alkanes) is 8. The van der Waals surface area contributed by atoms with E-state index < -0.39 is 67.8 Å². The lowest BCUT2D eigenvalue weighted by atomic mass is 10.1. The molecule has 1 nitrogen and oxygen atoms in total. The van der Waals surface area contributed by atoms with Crippen LogP contribution < -0.4 is 4.43 Å². The summed E-state index contributed by atoms with van der Waals surface area (Å²) in [5.74, 6) is -11.4. The summed E-state index contributed by atoms with van der Waals surface area (Å²) in [6, 6.07) is 8.10. The topological polar surface area (TPSA) is 9.23 Å². The minimum Gasteiger partial charge on any atom is -0.539 e. The summed E-state index contributed by atoms with van der Waals surface area (Å²) in [4.78, 5) is 0. The predicted molar refractivity (Wildman–Crippen MR) is 181 cm³/mol. The third-order valence-corrected chi connectivity index (χ3v) is 21.1. The molecule has 0 aromatic heterocycles. The SMILES string of the molecule is CCCCCCCC[Si](CCCCCC[Si](CCC)(CCC)CCC)(Oc1c(F)c(F)c2c(F)[c]c(F)c(F)c2c1F)C(C)C. The second-order valence-corrected chi connectivity index (χ2v) is 23.1. The first-order valence-corrected chi connectivity index (χ1v) is 22.9. The van der Waals surface area contributed by atoms with Gasteiger partial charge in [0.05, 0.1) is 24.9 Å². The van der Waals surface area contributed by atoms with Crippen LogP contribution in [0.25, 0.3) is 10.8 Å². The molecule has 0 aliphatic rings. The van der Waals surface area contributed by atoms with Crippen LogP contribution in [0.15, 0.2) is 0 Å². The molecule has 2 aromatic carbocycles. The van der Waals surface area contributed by atoms with Gasteiger partial charge in [-0.1, -0.05) is 149 Å². The van der Waals surface area contributed by atoms with E-state index in [-0.39, 0.29) is 5.54 Å². The highest BCUT2D eigenvalue weighted by molar-refractivity contribution is 6.79. The Morgan fingerprint density at radius 3 is 1.49 bits per heavy atom. The minimum atomic E-state index is -2.99. The van der Waals surface area contributed by atoms with E-state index in [1.165, 1.54) is 55.9 Å². The van der Waals surface area contributed by atoms with Crippen LogP contribution in [0.1, 0.15) is 125 Å². The summed E-state index contributed by atoms with van der Waals surface area (Å²) in [7, 11) is -4.26. The Hall–Kier alpha value is -1.49. The number of rotatable bonds is 23. The van der Waals surface area contributed by atoms with Crippen molar-refractivity contribution in [3.05, 3.63) is 41.0 Å². The Balaban J connectivity index is 2.33. The van der Waals surface area contributed by atoms with Crippen molar-refractivity contribution < 1.29 is 30.8 Å². The number of fused-ring (bicyclic) bond motifs is 1. The molecule has 2 aromatic rings. The first-order valence-electron chi connectivity index (χ1n) is 17.7. The van der Waals surface area contributed by atoms with E-state index in [0.29, 0.717) is 12.1 Å². The molecule has 0 aliphatic carbocycles. The third-order valence-electron chi connectivity index (χ3n) is 9.84. The molecular formula is C36H57F6OSi2. The van der Waals surface area contributed by atoms with Gasteiger partial charge in [-0.2, -0.15) is 4.39 Å². The zero-order valence-electron chi connectivity index (χ0n) is 28.7. The van der Waals surface area contributed by atoms with Gasteiger partial charge < -0.3 is 4.43 Å². The average Bonchev–Trinajstić information content (AvgIpc) is 2.99. The van der Waals surface area contributed by atoms with E-state index in [1.54, 1.807) is 0 Å². The van der Waals surface area contributed by atoms with Crippen molar-refractivity contribution in [1.29, 1.82) is 0 Å². The summed E-state index contributed by atoms with van der Waals surface area (Å²) in [5, 5.41) is -2.57. The lowest BCUT2D eigenvalue weighted by Crippen LogP contribution is -2.45. The van der Waals surface area contributed by atoms with E-state index in [2.05, 4.69) is 27.7 Å². The first kappa shape index (κ1) is 39.7. The number of benzene rings is 2. The Morgan fingerprint density at radius 2 is 1.00 bits per heavy atom.